The average Bonchev–Trinajstić information content (AvgIpc) is 2.38. The molecular weight excluding hydrogens is 276 g/mol. The molecule has 0 spiro atoms. The highest BCUT2D eigenvalue weighted by Gasteiger charge is 2.34. The zero-order valence-corrected chi connectivity index (χ0v) is 10.3. The van der Waals surface area contributed by atoms with E-state index in [0.717, 1.165) is 11.6 Å². The number of aliphatic hydroxyl groups excluding tert-OH is 1. The Bertz CT molecular complexity index is 611. The molecule has 7 heteroatoms. The number of nitrogens with zero attached hydrogens (tertiary/aromatic N) is 2. The third-order valence-electron chi connectivity index (χ3n) is 2.66. The van der Waals surface area contributed by atoms with E-state index in [9.17, 15) is 22.7 Å². The Morgan fingerprint density at radius 2 is 1.75 bits per heavy atom. The van der Waals surface area contributed by atoms with Gasteiger partial charge in [0.15, 0.2) is 5.82 Å². The number of aromatic nitrogens is 2. The van der Waals surface area contributed by atoms with E-state index in [1.807, 2.05) is 0 Å². The number of halogens is 4. The molecular formula is C13H10F4N2O. The summed E-state index contributed by atoms with van der Waals surface area (Å²) >= 11 is 0. The topological polar surface area (TPSA) is 46.0 Å². The first-order valence-corrected chi connectivity index (χ1v) is 5.62. The van der Waals surface area contributed by atoms with Crippen molar-refractivity contribution in [3.05, 3.63) is 58.9 Å². The summed E-state index contributed by atoms with van der Waals surface area (Å²) in [5, 5.41) is 9.95. The highest BCUT2D eigenvalue weighted by atomic mass is 19.4. The highest BCUT2D eigenvalue weighted by Crippen LogP contribution is 2.33. The van der Waals surface area contributed by atoms with Crippen molar-refractivity contribution in [2.75, 3.05) is 0 Å². The number of hydrogen-bond acceptors (Lipinski definition) is 3. The molecule has 1 aromatic carbocycles. The molecule has 106 valence electrons. The van der Waals surface area contributed by atoms with Gasteiger partial charge in [0.2, 0.25) is 0 Å². The van der Waals surface area contributed by atoms with Crippen LogP contribution >= 0.6 is 0 Å². The largest absolute Gasteiger partial charge is 0.419 e. The molecule has 1 unspecified atom stereocenters. The Balaban J connectivity index is 2.40. The van der Waals surface area contributed by atoms with Gasteiger partial charge in [-0.15, -0.1) is 0 Å². The molecule has 20 heavy (non-hydrogen) atoms. The molecule has 0 saturated heterocycles. The first-order chi connectivity index (χ1) is 9.29. The molecule has 0 saturated carbocycles. The molecule has 2 aromatic rings. The standard InChI is InChI=1S/C13H10F4N2O/c1-7-5-18-12(19-6-7)11(20)8-2-3-10(14)9(4-8)13(15,16)17/h2-6,11,20H,1H3. The summed E-state index contributed by atoms with van der Waals surface area (Å²) < 4.78 is 50.9. The van der Waals surface area contributed by atoms with Crippen molar-refractivity contribution >= 4 is 0 Å². The molecule has 0 bridgehead atoms. The van der Waals surface area contributed by atoms with Crippen molar-refractivity contribution in [3.8, 4) is 0 Å². The Labute approximate surface area is 111 Å². The van der Waals surface area contributed by atoms with Crippen molar-refractivity contribution in [1.29, 1.82) is 0 Å². The number of rotatable bonds is 2. The Hall–Kier alpha value is -2.02. The summed E-state index contributed by atoms with van der Waals surface area (Å²) in [6.45, 7) is 1.73. The third kappa shape index (κ3) is 2.93. The van der Waals surface area contributed by atoms with Crippen molar-refractivity contribution < 1.29 is 22.7 Å². The van der Waals surface area contributed by atoms with Gasteiger partial charge in [0.1, 0.15) is 11.9 Å². The lowest BCUT2D eigenvalue weighted by Crippen LogP contribution is -2.11. The van der Waals surface area contributed by atoms with Crippen LogP contribution in [-0.2, 0) is 6.18 Å². The Morgan fingerprint density at radius 3 is 2.30 bits per heavy atom. The van der Waals surface area contributed by atoms with Gasteiger partial charge < -0.3 is 5.11 Å². The van der Waals surface area contributed by atoms with Gasteiger partial charge in [0.05, 0.1) is 5.56 Å². The normalized spacial score (nSPS) is 13.3. The molecule has 0 amide bonds. The first kappa shape index (κ1) is 14.4. The van der Waals surface area contributed by atoms with Crippen molar-refractivity contribution in [2.45, 2.75) is 19.2 Å². The maximum Gasteiger partial charge on any atom is 0.419 e. The SMILES string of the molecule is Cc1cnc(C(O)c2ccc(F)c(C(F)(F)F)c2)nc1. The first-order valence-electron chi connectivity index (χ1n) is 5.62. The van der Waals surface area contributed by atoms with E-state index in [4.69, 9.17) is 0 Å². The minimum atomic E-state index is -4.83. The summed E-state index contributed by atoms with van der Waals surface area (Å²) in [6.07, 6.45) is -3.41. The van der Waals surface area contributed by atoms with E-state index in [0.29, 0.717) is 12.1 Å². The van der Waals surface area contributed by atoms with Gasteiger partial charge >= 0.3 is 6.18 Å². The molecule has 0 aliphatic rings. The van der Waals surface area contributed by atoms with Crippen LogP contribution in [0.2, 0.25) is 0 Å². The van der Waals surface area contributed by atoms with E-state index < -0.39 is 23.7 Å². The second-order valence-electron chi connectivity index (χ2n) is 4.26. The zero-order valence-electron chi connectivity index (χ0n) is 10.3. The van der Waals surface area contributed by atoms with Crippen molar-refractivity contribution in [1.82, 2.24) is 9.97 Å². The second kappa shape index (κ2) is 5.16. The van der Waals surface area contributed by atoms with Crippen LogP contribution in [0.15, 0.2) is 30.6 Å². The summed E-state index contributed by atoms with van der Waals surface area (Å²) in [5.41, 5.74) is -0.806. The molecule has 1 atom stereocenters. The summed E-state index contributed by atoms with van der Waals surface area (Å²) in [6, 6.07) is 2.29. The molecule has 0 aliphatic heterocycles. The molecule has 3 nitrogen and oxygen atoms in total. The molecule has 0 fully saturated rings. The van der Waals surface area contributed by atoms with E-state index in [1.54, 1.807) is 6.92 Å². The second-order valence-corrected chi connectivity index (χ2v) is 4.26. The fourth-order valence-electron chi connectivity index (χ4n) is 1.62. The molecule has 0 radical (unpaired) electrons. The van der Waals surface area contributed by atoms with Crippen LogP contribution in [0.25, 0.3) is 0 Å². The number of alkyl halides is 3. The zero-order chi connectivity index (χ0) is 14.9. The van der Waals surface area contributed by atoms with Gasteiger partial charge in [-0.25, -0.2) is 14.4 Å². The van der Waals surface area contributed by atoms with Crippen LogP contribution in [-0.4, -0.2) is 15.1 Å². The Kier molecular flexibility index (Phi) is 3.71. The lowest BCUT2D eigenvalue weighted by molar-refractivity contribution is -0.140. The summed E-state index contributed by atoms with van der Waals surface area (Å²) in [7, 11) is 0. The smallest absolute Gasteiger partial charge is 0.380 e. The predicted molar refractivity (Wildman–Crippen MR) is 62.2 cm³/mol. The quantitative estimate of drug-likeness (QED) is 0.863. The monoisotopic (exact) mass is 286 g/mol. The van der Waals surface area contributed by atoms with Gasteiger partial charge in [-0.3, -0.25) is 0 Å². The maximum atomic E-state index is 13.2. The minimum absolute atomic E-state index is 0.0460. The minimum Gasteiger partial charge on any atom is -0.380 e. The van der Waals surface area contributed by atoms with Crippen LogP contribution in [0.3, 0.4) is 0 Å². The van der Waals surface area contributed by atoms with E-state index in [-0.39, 0.29) is 11.4 Å². The molecule has 2 rings (SSSR count). The van der Waals surface area contributed by atoms with Gasteiger partial charge in [-0.1, -0.05) is 6.07 Å². The van der Waals surface area contributed by atoms with Gasteiger partial charge in [-0.05, 0) is 30.2 Å². The number of aryl methyl sites for hydroxylation is 1. The van der Waals surface area contributed by atoms with E-state index in [1.165, 1.54) is 12.4 Å². The van der Waals surface area contributed by atoms with Gasteiger partial charge in [0.25, 0.3) is 0 Å². The number of aliphatic hydroxyl groups is 1. The van der Waals surface area contributed by atoms with Crippen LogP contribution in [0.5, 0.6) is 0 Å². The lowest BCUT2D eigenvalue weighted by atomic mass is 10.0. The molecule has 1 N–H and O–H groups in total. The summed E-state index contributed by atoms with van der Waals surface area (Å²) in [5.74, 6) is -1.44. The van der Waals surface area contributed by atoms with Crippen LogP contribution < -0.4 is 0 Å². The van der Waals surface area contributed by atoms with Gasteiger partial charge in [-0.2, -0.15) is 13.2 Å². The molecule has 1 heterocycles. The van der Waals surface area contributed by atoms with Crippen molar-refractivity contribution in [3.63, 3.8) is 0 Å². The maximum absolute atomic E-state index is 13.2. The fourth-order valence-corrected chi connectivity index (χ4v) is 1.62. The van der Waals surface area contributed by atoms with Gasteiger partial charge in [0, 0.05) is 12.4 Å². The average molecular weight is 286 g/mol. The predicted octanol–water partition coefficient (Wildman–Crippen LogP) is 3.02. The van der Waals surface area contributed by atoms with E-state index >= 15 is 0 Å². The van der Waals surface area contributed by atoms with Crippen LogP contribution in [0, 0.1) is 12.7 Å². The lowest BCUT2D eigenvalue weighted by Gasteiger charge is -2.13. The van der Waals surface area contributed by atoms with Crippen LogP contribution in [0.1, 0.15) is 28.6 Å². The number of hydrogen-bond donors (Lipinski definition) is 1. The third-order valence-corrected chi connectivity index (χ3v) is 2.66. The summed E-state index contributed by atoms with van der Waals surface area (Å²) in [4.78, 5) is 7.67. The molecule has 1 aromatic heterocycles. The van der Waals surface area contributed by atoms with E-state index in [2.05, 4.69) is 9.97 Å². The molecule has 0 aliphatic carbocycles. The van der Waals surface area contributed by atoms with Crippen molar-refractivity contribution in [2.24, 2.45) is 0 Å². The highest BCUT2D eigenvalue weighted by molar-refractivity contribution is 5.31. The Morgan fingerprint density at radius 1 is 1.15 bits per heavy atom. The number of benzene rings is 1. The fraction of sp³-hybridized carbons (Fsp3) is 0.231. The van der Waals surface area contributed by atoms with Crippen LogP contribution in [0.4, 0.5) is 17.6 Å².